The zero-order valence-electron chi connectivity index (χ0n) is 16.2. The highest BCUT2D eigenvalue weighted by Crippen LogP contribution is 2.25. The normalized spacial score (nSPS) is 15.3. The van der Waals surface area contributed by atoms with Gasteiger partial charge in [-0.15, -0.1) is 0 Å². The van der Waals surface area contributed by atoms with Crippen molar-refractivity contribution in [3.05, 3.63) is 24.5 Å². The van der Waals surface area contributed by atoms with Crippen molar-refractivity contribution in [3.63, 3.8) is 0 Å². The highest BCUT2D eigenvalue weighted by atomic mass is 16.6. The molecule has 0 aliphatic carbocycles. The maximum Gasteiger partial charge on any atom is 0.410 e. The Morgan fingerprint density at radius 1 is 1.22 bits per heavy atom. The molecule has 0 atom stereocenters. The number of hydrogen-bond acceptors (Lipinski definition) is 6. The van der Waals surface area contributed by atoms with Crippen LogP contribution in [0.25, 0.3) is 5.52 Å². The summed E-state index contributed by atoms with van der Waals surface area (Å²) in [6, 6.07) is 3.89. The van der Waals surface area contributed by atoms with Gasteiger partial charge in [0.1, 0.15) is 11.4 Å². The van der Waals surface area contributed by atoms with E-state index in [2.05, 4.69) is 10.00 Å². The van der Waals surface area contributed by atoms with E-state index in [-0.39, 0.29) is 12.7 Å². The number of nitrogens with zero attached hydrogens (tertiary/aromatic N) is 4. The lowest BCUT2D eigenvalue weighted by atomic mass is 10.2. The molecule has 0 spiro atoms. The van der Waals surface area contributed by atoms with E-state index in [0.717, 1.165) is 30.0 Å². The molecule has 1 aliphatic rings. The molecule has 8 nitrogen and oxygen atoms in total. The predicted octanol–water partition coefficient (Wildman–Crippen LogP) is 2.15. The molecule has 8 heteroatoms. The van der Waals surface area contributed by atoms with Gasteiger partial charge in [-0.3, -0.25) is 0 Å². The second-order valence-electron chi connectivity index (χ2n) is 7.60. The Kier molecular flexibility index (Phi) is 5.74. The van der Waals surface area contributed by atoms with E-state index in [0.29, 0.717) is 26.1 Å². The van der Waals surface area contributed by atoms with Crippen LogP contribution < -0.4 is 9.64 Å². The second-order valence-corrected chi connectivity index (χ2v) is 7.60. The molecule has 1 saturated heterocycles. The molecule has 1 fully saturated rings. The maximum atomic E-state index is 12.2. The summed E-state index contributed by atoms with van der Waals surface area (Å²) in [4.78, 5) is 16.2. The molecule has 0 bridgehead atoms. The minimum Gasteiger partial charge on any atom is -0.492 e. The summed E-state index contributed by atoms with van der Waals surface area (Å²) in [6.07, 6.45) is 4.03. The van der Waals surface area contributed by atoms with E-state index >= 15 is 0 Å². The molecule has 0 unspecified atom stereocenters. The number of pyridine rings is 1. The first-order valence-electron chi connectivity index (χ1n) is 9.31. The lowest BCUT2D eigenvalue weighted by Crippen LogP contribution is -2.50. The van der Waals surface area contributed by atoms with E-state index in [1.165, 1.54) is 0 Å². The molecular formula is C19H28N4O4. The number of amides is 1. The highest BCUT2D eigenvalue weighted by molar-refractivity contribution is 5.74. The predicted molar refractivity (Wildman–Crippen MR) is 102 cm³/mol. The molecule has 3 rings (SSSR count). The smallest absolute Gasteiger partial charge is 0.410 e. The van der Waals surface area contributed by atoms with Crippen molar-refractivity contribution < 1.29 is 19.4 Å². The molecule has 1 aliphatic heterocycles. The molecule has 2 aromatic rings. The number of piperazine rings is 1. The Morgan fingerprint density at radius 3 is 2.63 bits per heavy atom. The van der Waals surface area contributed by atoms with Crippen LogP contribution in [0.15, 0.2) is 24.5 Å². The van der Waals surface area contributed by atoms with Crippen LogP contribution in [0.5, 0.6) is 5.75 Å². The van der Waals surface area contributed by atoms with Gasteiger partial charge in [0.25, 0.3) is 0 Å². The summed E-state index contributed by atoms with van der Waals surface area (Å²) < 4.78 is 12.8. The Balaban J connectivity index is 1.62. The lowest BCUT2D eigenvalue weighted by molar-refractivity contribution is 0.0240. The SMILES string of the molecule is CC(C)(C)OC(=O)N1CCN(c2cnn3cc(OCCCO)ccc23)CC1. The molecule has 0 radical (unpaired) electrons. The van der Waals surface area contributed by atoms with Crippen LogP contribution in [0.2, 0.25) is 0 Å². The molecule has 27 heavy (non-hydrogen) atoms. The summed E-state index contributed by atoms with van der Waals surface area (Å²) in [5, 5.41) is 13.3. The first-order chi connectivity index (χ1) is 12.9. The molecule has 1 amide bonds. The van der Waals surface area contributed by atoms with Crippen LogP contribution in [0.3, 0.4) is 0 Å². The largest absolute Gasteiger partial charge is 0.492 e. The third kappa shape index (κ3) is 4.82. The Labute approximate surface area is 159 Å². The van der Waals surface area contributed by atoms with Crippen molar-refractivity contribution in [2.45, 2.75) is 32.8 Å². The van der Waals surface area contributed by atoms with Crippen molar-refractivity contribution in [2.24, 2.45) is 0 Å². The van der Waals surface area contributed by atoms with Gasteiger partial charge in [0.05, 0.1) is 30.2 Å². The summed E-state index contributed by atoms with van der Waals surface area (Å²) in [7, 11) is 0. The Morgan fingerprint density at radius 2 is 1.96 bits per heavy atom. The van der Waals surface area contributed by atoms with Crippen LogP contribution in [0.1, 0.15) is 27.2 Å². The lowest BCUT2D eigenvalue weighted by Gasteiger charge is -2.36. The van der Waals surface area contributed by atoms with Gasteiger partial charge in [-0.1, -0.05) is 0 Å². The maximum absolute atomic E-state index is 12.2. The van der Waals surface area contributed by atoms with Gasteiger partial charge < -0.3 is 24.4 Å². The van der Waals surface area contributed by atoms with Crippen LogP contribution in [0, 0.1) is 0 Å². The molecule has 3 heterocycles. The summed E-state index contributed by atoms with van der Waals surface area (Å²) in [5.41, 5.74) is 1.56. The Hall–Kier alpha value is -2.48. The van der Waals surface area contributed by atoms with Crippen molar-refractivity contribution in [2.75, 3.05) is 44.3 Å². The molecule has 0 saturated carbocycles. The number of hydrogen-bond donors (Lipinski definition) is 1. The first kappa shape index (κ1) is 19.3. The highest BCUT2D eigenvalue weighted by Gasteiger charge is 2.26. The van der Waals surface area contributed by atoms with Gasteiger partial charge in [0, 0.05) is 39.2 Å². The monoisotopic (exact) mass is 376 g/mol. The fraction of sp³-hybridized carbons (Fsp3) is 0.579. The minimum atomic E-state index is -0.479. The van der Waals surface area contributed by atoms with Gasteiger partial charge in [-0.25, -0.2) is 9.31 Å². The average Bonchev–Trinajstić information content (AvgIpc) is 3.04. The van der Waals surface area contributed by atoms with E-state index in [1.54, 1.807) is 9.42 Å². The van der Waals surface area contributed by atoms with Crippen molar-refractivity contribution >= 4 is 17.3 Å². The van der Waals surface area contributed by atoms with Crippen LogP contribution in [-0.4, -0.2) is 70.7 Å². The zero-order valence-corrected chi connectivity index (χ0v) is 16.2. The topological polar surface area (TPSA) is 79.5 Å². The molecule has 0 aromatic carbocycles. The van der Waals surface area contributed by atoms with E-state index in [4.69, 9.17) is 14.6 Å². The van der Waals surface area contributed by atoms with Gasteiger partial charge in [0.2, 0.25) is 0 Å². The van der Waals surface area contributed by atoms with Crippen LogP contribution >= 0.6 is 0 Å². The number of anilines is 1. The second kappa shape index (κ2) is 8.04. The van der Waals surface area contributed by atoms with Gasteiger partial charge in [0.15, 0.2) is 0 Å². The summed E-state index contributed by atoms with van der Waals surface area (Å²) in [5.74, 6) is 0.723. The van der Waals surface area contributed by atoms with Gasteiger partial charge in [-0.05, 0) is 32.9 Å². The fourth-order valence-electron chi connectivity index (χ4n) is 2.99. The number of carbonyl (C=O) groups excluding carboxylic acids is 1. The van der Waals surface area contributed by atoms with Crippen LogP contribution in [0.4, 0.5) is 10.5 Å². The third-order valence-electron chi connectivity index (χ3n) is 4.31. The van der Waals surface area contributed by atoms with E-state index < -0.39 is 5.60 Å². The number of carbonyl (C=O) groups is 1. The van der Waals surface area contributed by atoms with Gasteiger partial charge >= 0.3 is 6.09 Å². The number of fused-ring (bicyclic) bond motifs is 1. The number of aliphatic hydroxyl groups excluding tert-OH is 1. The number of ether oxygens (including phenoxy) is 2. The van der Waals surface area contributed by atoms with Crippen molar-refractivity contribution in [1.29, 1.82) is 0 Å². The Bertz CT molecular complexity index is 776. The summed E-state index contributed by atoms with van der Waals surface area (Å²) >= 11 is 0. The van der Waals surface area contributed by atoms with E-state index in [9.17, 15) is 4.79 Å². The number of aromatic nitrogens is 2. The van der Waals surface area contributed by atoms with Crippen molar-refractivity contribution in [1.82, 2.24) is 14.5 Å². The quantitative estimate of drug-likeness (QED) is 0.806. The molecule has 1 N–H and O–H groups in total. The average molecular weight is 376 g/mol. The van der Waals surface area contributed by atoms with Gasteiger partial charge in [-0.2, -0.15) is 5.10 Å². The molecular weight excluding hydrogens is 348 g/mol. The molecule has 148 valence electrons. The zero-order chi connectivity index (χ0) is 19.4. The third-order valence-corrected chi connectivity index (χ3v) is 4.31. The van der Waals surface area contributed by atoms with Crippen molar-refractivity contribution in [3.8, 4) is 5.75 Å². The summed E-state index contributed by atoms with van der Waals surface area (Å²) in [6.45, 7) is 8.92. The fourth-order valence-corrected chi connectivity index (χ4v) is 2.99. The number of aliphatic hydroxyl groups is 1. The van der Waals surface area contributed by atoms with Crippen LogP contribution in [-0.2, 0) is 4.74 Å². The minimum absolute atomic E-state index is 0.115. The van der Waals surface area contributed by atoms with E-state index in [1.807, 2.05) is 45.3 Å². The standard InChI is InChI=1S/C19H28N4O4/c1-19(2,3)27-18(25)22-9-7-21(8-10-22)17-13-20-23-14-15(5-6-16(17)23)26-12-4-11-24/h5-6,13-14,24H,4,7-12H2,1-3H3. The first-order valence-corrected chi connectivity index (χ1v) is 9.31. The number of rotatable bonds is 5. The molecule has 2 aromatic heterocycles.